The fraction of sp³-hybridized carbons (Fsp3) is 0.200. The highest BCUT2D eigenvalue weighted by atomic mass is 32.1. The second kappa shape index (κ2) is 5.21. The number of amides is 1. The third-order valence-electron chi connectivity index (χ3n) is 3.23. The van der Waals surface area contributed by atoms with Crippen LogP contribution in [0.1, 0.15) is 26.9 Å². The lowest BCUT2D eigenvalue weighted by atomic mass is 10.1. The normalized spacial score (nSPS) is 11.0. The minimum atomic E-state index is -0.205. The maximum absolute atomic E-state index is 12.3. The molecule has 0 unspecified atom stereocenters. The highest BCUT2D eigenvalue weighted by molar-refractivity contribution is 7.21. The molecule has 5 nitrogen and oxygen atoms in total. The largest absolute Gasteiger partial charge is 0.444 e. The van der Waals surface area contributed by atoms with E-state index in [0.29, 0.717) is 16.5 Å². The predicted octanol–water partition coefficient (Wildman–Crippen LogP) is 3.02. The Morgan fingerprint density at radius 2 is 2.24 bits per heavy atom. The number of anilines is 1. The highest BCUT2D eigenvalue weighted by Crippen LogP contribution is 2.35. The number of hydrogen-bond donors (Lipinski definition) is 2. The number of nitrogen functional groups attached to an aromatic ring is 1. The molecule has 21 heavy (non-hydrogen) atoms. The molecule has 2 aromatic heterocycles. The smallest absolute Gasteiger partial charge is 0.263 e. The number of rotatable bonds is 3. The van der Waals surface area contributed by atoms with Gasteiger partial charge in [0.2, 0.25) is 5.89 Å². The van der Waals surface area contributed by atoms with Gasteiger partial charge in [-0.3, -0.25) is 4.79 Å². The molecule has 0 radical (unpaired) electrons. The van der Waals surface area contributed by atoms with Crippen molar-refractivity contribution in [2.45, 2.75) is 20.4 Å². The second-order valence-electron chi connectivity index (χ2n) is 4.84. The molecule has 0 spiro atoms. The first-order chi connectivity index (χ1) is 10.1. The summed E-state index contributed by atoms with van der Waals surface area (Å²) in [5, 5.41) is 3.71. The lowest BCUT2D eigenvalue weighted by Gasteiger charge is -2.01. The Balaban J connectivity index is 1.84. The molecular weight excluding hydrogens is 286 g/mol. The van der Waals surface area contributed by atoms with Crippen molar-refractivity contribution in [3.63, 3.8) is 0 Å². The zero-order valence-corrected chi connectivity index (χ0v) is 12.6. The summed E-state index contributed by atoms with van der Waals surface area (Å²) >= 11 is 1.41. The van der Waals surface area contributed by atoms with Crippen molar-refractivity contribution < 1.29 is 9.21 Å². The first-order valence-corrected chi connectivity index (χ1v) is 7.35. The van der Waals surface area contributed by atoms with Gasteiger partial charge in [-0.15, -0.1) is 11.3 Å². The molecular formula is C15H15N3O2S. The Labute approximate surface area is 125 Å². The summed E-state index contributed by atoms with van der Waals surface area (Å²) in [6.07, 6.45) is 1.62. The molecule has 108 valence electrons. The molecule has 3 rings (SSSR count). The summed E-state index contributed by atoms with van der Waals surface area (Å²) in [5.41, 5.74) is 7.74. The third-order valence-corrected chi connectivity index (χ3v) is 4.58. The van der Waals surface area contributed by atoms with Gasteiger partial charge in [0.15, 0.2) is 0 Å². The lowest BCUT2D eigenvalue weighted by Crippen LogP contribution is -2.22. The molecule has 0 fully saturated rings. The van der Waals surface area contributed by atoms with Crippen LogP contribution in [0.5, 0.6) is 0 Å². The number of fused-ring (bicyclic) bond motifs is 1. The first-order valence-electron chi connectivity index (χ1n) is 6.53. The van der Waals surface area contributed by atoms with Crippen LogP contribution in [-0.4, -0.2) is 10.9 Å². The molecule has 0 aliphatic heterocycles. The zero-order valence-electron chi connectivity index (χ0n) is 11.8. The SMILES string of the molecule is Cc1cnc(CNC(=O)c2sc3c(C)cccc3c2N)o1. The van der Waals surface area contributed by atoms with Gasteiger partial charge in [-0.25, -0.2) is 4.98 Å². The number of carbonyl (C=O) groups excluding carboxylic acids is 1. The molecule has 0 saturated heterocycles. The molecule has 0 aliphatic rings. The van der Waals surface area contributed by atoms with Crippen LogP contribution < -0.4 is 11.1 Å². The number of aromatic nitrogens is 1. The number of thiophene rings is 1. The number of nitrogens with zero attached hydrogens (tertiary/aromatic N) is 1. The van der Waals surface area contributed by atoms with Gasteiger partial charge in [0, 0.05) is 10.1 Å². The Kier molecular flexibility index (Phi) is 3.39. The Hall–Kier alpha value is -2.34. The number of aryl methyl sites for hydroxylation is 2. The Morgan fingerprint density at radius 1 is 1.43 bits per heavy atom. The van der Waals surface area contributed by atoms with Gasteiger partial charge in [-0.1, -0.05) is 18.2 Å². The van der Waals surface area contributed by atoms with E-state index in [-0.39, 0.29) is 12.5 Å². The molecule has 0 saturated carbocycles. The van der Waals surface area contributed by atoms with Gasteiger partial charge in [-0.05, 0) is 19.4 Å². The summed E-state index contributed by atoms with van der Waals surface area (Å²) in [4.78, 5) is 16.9. The molecule has 0 aliphatic carbocycles. The van der Waals surface area contributed by atoms with E-state index in [2.05, 4.69) is 10.3 Å². The van der Waals surface area contributed by atoms with Crippen LogP contribution in [0.15, 0.2) is 28.8 Å². The van der Waals surface area contributed by atoms with Crippen molar-refractivity contribution in [2.24, 2.45) is 0 Å². The van der Waals surface area contributed by atoms with E-state index in [0.717, 1.165) is 21.4 Å². The predicted molar refractivity (Wildman–Crippen MR) is 83.4 cm³/mol. The fourth-order valence-electron chi connectivity index (χ4n) is 2.17. The number of nitrogens with one attached hydrogen (secondary N) is 1. The summed E-state index contributed by atoms with van der Waals surface area (Å²) in [7, 11) is 0. The molecule has 1 aromatic carbocycles. The third kappa shape index (κ3) is 2.50. The monoisotopic (exact) mass is 301 g/mol. The highest BCUT2D eigenvalue weighted by Gasteiger charge is 2.17. The van der Waals surface area contributed by atoms with Gasteiger partial charge in [0.05, 0.1) is 18.4 Å². The van der Waals surface area contributed by atoms with Crippen LogP contribution in [0.4, 0.5) is 5.69 Å². The average molecular weight is 301 g/mol. The van der Waals surface area contributed by atoms with Gasteiger partial charge >= 0.3 is 0 Å². The Morgan fingerprint density at radius 3 is 2.90 bits per heavy atom. The van der Waals surface area contributed by atoms with Gasteiger partial charge in [-0.2, -0.15) is 0 Å². The molecule has 2 heterocycles. The lowest BCUT2D eigenvalue weighted by molar-refractivity contribution is 0.0952. The number of oxazole rings is 1. The van der Waals surface area contributed by atoms with Gasteiger partial charge in [0.1, 0.15) is 10.6 Å². The standard InChI is InChI=1S/C15H15N3O2S/c1-8-4-3-5-10-12(16)14(21-13(8)10)15(19)18-7-11-17-6-9(2)20-11/h3-6H,7,16H2,1-2H3,(H,18,19). The number of nitrogens with two attached hydrogens (primary N) is 1. The second-order valence-corrected chi connectivity index (χ2v) is 5.86. The zero-order chi connectivity index (χ0) is 15.0. The van der Waals surface area contributed by atoms with E-state index >= 15 is 0 Å². The van der Waals surface area contributed by atoms with Crippen LogP contribution in [-0.2, 0) is 6.54 Å². The summed E-state index contributed by atoms with van der Waals surface area (Å²) < 4.78 is 6.37. The van der Waals surface area contributed by atoms with Crippen LogP contribution in [0, 0.1) is 13.8 Å². The minimum Gasteiger partial charge on any atom is -0.444 e. The van der Waals surface area contributed by atoms with Crippen LogP contribution >= 0.6 is 11.3 Å². The maximum Gasteiger partial charge on any atom is 0.263 e. The van der Waals surface area contributed by atoms with E-state index in [9.17, 15) is 4.79 Å². The molecule has 0 atom stereocenters. The van der Waals surface area contributed by atoms with Crippen molar-refractivity contribution in [3.8, 4) is 0 Å². The van der Waals surface area contributed by atoms with E-state index in [1.807, 2.05) is 32.0 Å². The summed E-state index contributed by atoms with van der Waals surface area (Å²) in [5.74, 6) is 0.997. The van der Waals surface area contributed by atoms with E-state index in [4.69, 9.17) is 10.2 Å². The summed E-state index contributed by atoms with van der Waals surface area (Å²) in [6, 6.07) is 5.88. The van der Waals surface area contributed by atoms with Crippen LogP contribution in [0.2, 0.25) is 0 Å². The van der Waals surface area contributed by atoms with Gasteiger partial charge in [0.25, 0.3) is 5.91 Å². The molecule has 1 amide bonds. The minimum absolute atomic E-state index is 0.205. The van der Waals surface area contributed by atoms with E-state index in [1.54, 1.807) is 6.20 Å². The molecule has 3 N–H and O–H groups in total. The first kappa shape index (κ1) is 13.6. The van der Waals surface area contributed by atoms with Crippen LogP contribution in [0.25, 0.3) is 10.1 Å². The van der Waals surface area contributed by atoms with Crippen molar-refractivity contribution in [2.75, 3.05) is 5.73 Å². The van der Waals surface area contributed by atoms with Crippen molar-refractivity contribution in [1.82, 2.24) is 10.3 Å². The van der Waals surface area contributed by atoms with E-state index in [1.165, 1.54) is 11.3 Å². The average Bonchev–Trinajstić information content (AvgIpc) is 3.02. The quantitative estimate of drug-likeness (QED) is 0.779. The van der Waals surface area contributed by atoms with E-state index < -0.39 is 0 Å². The topological polar surface area (TPSA) is 81.2 Å². The number of hydrogen-bond acceptors (Lipinski definition) is 5. The maximum atomic E-state index is 12.3. The van der Waals surface area contributed by atoms with Gasteiger partial charge < -0.3 is 15.5 Å². The number of benzene rings is 1. The molecule has 0 bridgehead atoms. The molecule has 6 heteroatoms. The van der Waals surface area contributed by atoms with Crippen molar-refractivity contribution >= 4 is 33.0 Å². The number of carbonyl (C=O) groups is 1. The summed E-state index contributed by atoms with van der Waals surface area (Å²) in [6.45, 7) is 4.07. The van der Waals surface area contributed by atoms with Crippen molar-refractivity contribution in [3.05, 3.63) is 46.5 Å². The van der Waals surface area contributed by atoms with Crippen LogP contribution in [0.3, 0.4) is 0 Å². The Bertz CT molecular complexity index is 820. The molecule has 3 aromatic rings. The van der Waals surface area contributed by atoms with Crippen molar-refractivity contribution in [1.29, 1.82) is 0 Å². The fourth-order valence-corrected chi connectivity index (χ4v) is 3.27.